The Bertz CT molecular complexity index is 363. The number of rotatable bonds is 4. The van der Waals surface area contributed by atoms with Gasteiger partial charge in [0.05, 0.1) is 0 Å². The van der Waals surface area contributed by atoms with Gasteiger partial charge < -0.3 is 10.6 Å². The minimum Gasteiger partial charge on any atom is -0.368 e. The summed E-state index contributed by atoms with van der Waals surface area (Å²) < 4.78 is 0. The second-order valence-corrected chi connectivity index (χ2v) is 4.22. The molecule has 0 saturated carbocycles. The molecule has 1 rings (SSSR count). The number of hydrogen-bond acceptors (Lipinski definition) is 4. The van der Waals surface area contributed by atoms with E-state index in [1.165, 1.54) is 6.33 Å². The highest BCUT2D eigenvalue weighted by atomic mass is 16.1. The molecular weight excluding hydrogens is 204 g/mol. The van der Waals surface area contributed by atoms with E-state index in [1.54, 1.807) is 6.07 Å². The van der Waals surface area contributed by atoms with Crippen molar-refractivity contribution in [1.29, 1.82) is 0 Å². The maximum atomic E-state index is 11.7. The molecule has 0 fully saturated rings. The minimum atomic E-state index is -0.177. The molecule has 0 aliphatic heterocycles. The number of anilines is 1. The first-order valence-electron chi connectivity index (χ1n) is 5.38. The summed E-state index contributed by atoms with van der Waals surface area (Å²) in [6, 6.07) is 2.03. The molecule has 1 heterocycles. The Morgan fingerprint density at radius 2 is 1.88 bits per heavy atom. The van der Waals surface area contributed by atoms with Gasteiger partial charge in [-0.05, 0) is 27.7 Å². The van der Waals surface area contributed by atoms with Gasteiger partial charge in [0.25, 0.3) is 5.91 Å². The predicted molar refractivity (Wildman–Crippen MR) is 63.4 cm³/mol. The monoisotopic (exact) mass is 222 g/mol. The average molecular weight is 222 g/mol. The Hall–Kier alpha value is -1.65. The van der Waals surface area contributed by atoms with E-state index < -0.39 is 0 Å². The number of amides is 1. The van der Waals surface area contributed by atoms with Crippen LogP contribution in [0.2, 0.25) is 0 Å². The molecule has 5 nitrogen and oxygen atoms in total. The molecular formula is C11H18N4O. The van der Waals surface area contributed by atoms with Crippen LogP contribution in [0.25, 0.3) is 0 Å². The van der Waals surface area contributed by atoms with Crippen molar-refractivity contribution in [3.05, 3.63) is 18.1 Å². The second kappa shape index (κ2) is 5.44. The summed E-state index contributed by atoms with van der Waals surface area (Å²) in [5.74, 6) is 0.489. The van der Waals surface area contributed by atoms with Gasteiger partial charge in [0.2, 0.25) is 0 Å². The van der Waals surface area contributed by atoms with Crippen molar-refractivity contribution in [3.8, 4) is 0 Å². The van der Waals surface area contributed by atoms with Crippen molar-refractivity contribution in [2.45, 2.75) is 39.8 Å². The Morgan fingerprint density at radius 1 is 1.19 bits per heavy atom. The van der Waals surface area contributed by atoms with Crippen molar-refractivity contribution in [2.75, 3.05) is 5.32 Å². The molecule has 0 spiro atoms. The molecule has 0 unspecified atom stereocenters. The van der Waals surface area contributed by atoms with Crippen LogP contribution in [0.4, 0.5) is 5.82 Å². The second-order valence-electron chi connectivity index (χ2n) is 4.22. The topological polar surface area (TPSA) is 66.9 Å². The third-order valence-electron chi connectivity index (χ3n) is 1.76. The molecule has 1 amide bonds. The van der Waals surface area contributed by atoms with E-state index in [2.05, 4.69) is 20.6 Å². The van der Waals surface area contributed by atoms with Crippen LogP contribution in [0.1, 0.15) is 38.2 Å². The van der Waals surface area contributed by atoms with Crippen molar-refractivity contribution in [3.63, 3.8) is 0 Å². The molecule has 0 atom stereocenters. The number of carbonyl (C=O) groups is 1. The first-order chi connectivity index (χ1) is 7.49. The van der Waals surface area contributed by atoms with Gasteiger partial charge in [-0.1, -0.05) is 0 Å². The number of aromatic nitrogens is 2. The molecule has 0 aliphatic rings. The van der Waals surface area contributed by atoms with Crippen LogP contribution in [-0.4, -0.2) is 28.0 Å². The van der Waals surface area contributed by atoms with Gasteiger partial charge in [-0.2, -0.15) is 0 Å². The van der Waals surface area contributed by atoms with Crippen LogP contribution in [0, 0.1) is 0 Å². The Kier molecular flexibility index (Phi) is 4.22. The van der Waals surface area contributed by atoms with Crippen LogP contribution in [0.5, 0.6) is 0 Å². The Balaban J connectivity index is 2.77. The lowest BCUT2D eigenvalue weighted by atomic mass is 10.3. The van der Waals surface area contributed by atoms with E-state index in [-0.39, 0.29) is 18.0 Å². The molecule has 1 aromatic rings. The van der Waals surface area contributed by atoms with E-state index in [9.17, 15) is 4.79 Å². The highest BCUT2D eigenvalue weighted by molar-refractivity contribution is 5.92. The van der Waals surface area contributed by atoms with Gasteiger partial charge in [-0.3, -0.25) is 4.79 Å². The summed E-state index contributed by atoms with van der Waals surface area (Å²) in [6.45, 7) is 7.84. The van der Waals surface area contributed by atoms with Crippen molar-refractivity contribution >= 4 is 11.7 Å². The average Bonchev–Trinajstić information content (AvgIpc) is 2.16. The summed E-state index contributed by atoms with van der Waals surface area (Å²) >= 11 is 0. The Labute approximate surface area is 95.7 Å². The predicted octanol–water partition coefficient (Wildman–Crippen LogP) is 1.44. The summed E-state index contributed by atoms with van der Waals surface area (Å²) in [4.78, 5) is 19.6. The molecule has 16 heavy (non-hydrogen) atoms. The van der Waals surface area contributed by atoms with E-state index >= 15 is 0 Å². The van der Waals surface area contributed by atoms with E-state index in [0.29, 0.717) is 11.5 Å². The van der Waals surface area contributed by atoms with E-state index in [4.69, 9.17) is 0 Å². The van der Waals surface area contributed by atoms with Gasteiger partial charge in [-0.15, -0.1) is 0 Å². The minimum absolute atomic E-state index is 0.101. The number of carbonyl (C=O) groups excluding carboxylic acids is 1. The Morgan fingerprint density at radius 3 is 2.44 bits per heavy atom. The highest BCUT2D eigenvalue weighted by Gasteiger charge is 2.09. The maximum Gasteiger partial charge on any atom is 0.270 e. The van der Waals surface area contributed by atoms with Gasteiger partial charge in [-0.25, -0.2) is 9.97 Å². The fourth-order valence-electron chi connectivity index (χ4n) is 1.19. The zero-order valence-corrected chi connectivity index (χ0v) is 10.1. The third-order valence-corrected chi connectivity index (χ3v) is 1.76. The molecule has 0 bridgehead atoms. The van der Waals surface area contributed by atoms with Crippen LogP contribution >= 0.6 is 0 Å². The van der Waals surface area contributed by atoms with Gasteiger partial charge >= 0.3 is 0 Å². The van der Waals surface area contributed by atoms with Crippen molar-refractivity contribution in [1.82, 2.24) is 15.3 Å². The van der Waals surface area contributed by atoms with Crippen molar-refractivity contribution in [2.24, 2.45) is 0 Å². The lowest BCUT2D eigenvalue weighted by Gasteiger charge is -2.10. The summed E-state index contributed by atoms with van der Waals surface area (Å²) in [5.41, 5.74) is 0.381. The van der Waals surface area contributed by atoms with E-state index in [0.717, 1.165) is 0 Å². The summed E-state index contributed by atoms with van der Waals surface area (Å²) in [5, 5.41) is 5.90. The molecule has 0 radical (unpaired) electrons. The molecule has 1 aromatic heterocycles. The molecule has 2 N–H and O–H groups in total. The quantitative estimate of drug-likeness (QED) is 0.808. The standard InChI is InChI=1S/C11H18N4O/c1-7(2)14-10-5-9(12-6-13-10)11(16)15-8(3)4/h5-8H,1-4H3,(H,15,16)(H,12,13,14). The smallest absolute Gasteiger partial charge is 0.270 e. The maximum absolute atomic E-state index is 11.7. The first kappa shape index (κ1) is 12.4. The number of nitrogens with one attached hydrogen (secondary N) is 2. The highest BCUT2D eigenvalue weighted by Crippen LogP contribution is 2.05. The van der Waals surface area contributed by atoms with Crippen LogP contribution in [-0.2, 0) is 0 Å². The molecule has 0 aromatic carbocycles. The van der Waals surface area contributed by atoms with Crippen LogP contribution in [0.3, 0.4) is 0 Å². The largest absolute Gasteiger partial charge is 0.368 e. The first-order valence-corrected chi connectivity index (χ1v) is 5.38. The summed E-state index contributed by atoms with van der Waals surface area (Å²) in [7, 11) is 0. The third kappa shape index (κ3) is 3.84. The zero-order chi connectivity index (χ0) is 12.1. The normalized spacial score (nSPS) is 10.6. The molecule has 0 aliphatic carbocycles. The lowest BCUT2D eigenvalue weighted by molar-refractivity contribution is 0.0938. The fourth-order valence-corrected chi connectivity index (χ4v) is 1.19. The SMILES string of the molecule is CC(C)NC(=O)c1cc(NC(C)C)ncn1. The molecule has 88 valence electrons. The number of hydrogen-bond donors (Lipinski definition) is 2. The number of nitrogens with zero attached hydrogens (tertiary/aromatic N) is 2. The van der Waals surface area contributed by atoms with Crippen LogP contribution < -0.4 is 10.6 Å². The lowest BCUT2D eigenvalue weighted by Crippen LogP contribution is -2.30. The molecule has 5 heteroatoms. The van der Waals surface area contributed by atoms with Gasteiger partial charge in [0.15, 0.2) is 0 Å². The van der Waals surface area contributed by atoms with Crippen LogP contribution in [0.15, 0.2) is 12.4 Å². The fraction of sp³-hybridized carbons (Fsp3) is 0.545. The molecule has 0 saturated heterocycles. The zero-order valence-electron chi connectivity index (χ0n) is 10.1. The van der Waals surface area contributed by atoms with Gasteiger partial charge in [0, 0.05) is 18.2 Å². The van der Waals surface area contributed by atoms with E-state index in [1.807, 2.05) is 27.7 Å². The van der Waals surface area contributed by atoms with Gasteiger partial charge in [0.1, 0.15) is 17.8 Å². The van der Waals surface area contributed by atoms with Crippen molar-refractivity contribution < 1.29 is 4.79 Å². The summed E-state index contributed by atoms with van der Waals surface area (Å²) in [6.07, 6.45) is 1.39.